The highest BCUT2D eigenvalue weighted by Crippen LogP contribution is 2.18. The molecule has 0 saturated heterocycles. The fraction of sp³-hybridized carbons (Fsp3) is 0.600. The molecule has 1 unspecified atom stereocenters. The Bertz CT molecular complexity index is 644. The minimum absolute atomic E-state index is 0.0907. The molecule has 0 aromatic heterocycles. The SMILES string of the molecule is O=C(CCCCCN=C1NC(=S)N=C2C=CC=CC21)NC1CCCCC1. The van der Waals surface area contributed by atoms with E-state index >= 15 is 0 Å². The van der Waals surface area contributed by atoms with Crippen LogP contribution >= 0.6 is 12.2 Å². The van der Waals surface area contributed by atoms with Gasteiger partial charge in [0, 0.05) is 19.0 Å². The number of fused-ring (bicyclic) bond motifs is 1. The van der Waals surface area contributed by atoms with Crippen LogP contribution in [0.2, 0.25) is 0 Å². The molecule has 0 aromatic rings. The van der Waals surface area contributed by atoms with Gasteiger partial charge in [0.05, 0.1) is 11.6 Å². The first-order valence-electron chi connectivity index (χ1n) is 9.80. The Balaban J connectivity index is 1.33. The first-order chi connectivity index (χ1) is 12.7. The number of amides is 1. The molecular weight excluding hydrogens is 344 g/mol. The summed E-state index contributed by atoms with van der Waals surface area (Å²) in [7, 11) is 0. The minimum atomic E-state index is 0.0907. The minimum Gasteiger partial charge on any atom is -0.353 e. The van der Waals surface area contributed by atoms with Gasteiger partial charge in [0.2, 0.25) is 5.91 Å². The van der Waals surface area contributed by atoms with Crippen molar-refractivity contribution >= 4 is 34.8 Å². The van der Waals surface area contributed by atoms with Crippen molar-refractivity contribution in [3.05, 3.63) is 24.3 Å². The first kappa shape index (κ1) is 19.0. The number of unbranched alkanes of at least 4 members (excludes halogenated alkanes) is 2. The van der Waals surface area contributed by atoms with E-state index in [1.807, 2.05) is 18.2 Å². The van der Waals surface area contributed by atoms with Gasteiger partial charge in [0.25, 0.3) is 0 Å². The van der Waals surface area contributed by atoms with E-state index < -0.39 is 0 Å². The van der Waals surface area contributed by atoms with E-state index in [0.717, 1.165) is 50.2 Å². The Morgan fingerprint density at radius 1 is 1.23 bits per heavy atom. The number of carbonyl (C=O) groups excluding carboxylic acids is 1. The third-order valence-electron chi connectivity index (χ3n) is 5.07. The van der Waals surface area contributed by atoms with Crippen molar-refractivity contribution in [2.24, 2.45) is 15.9 Å². The van der Waals surface area contributed by atoms with Gasteiger partial charge >= 0.3 is 0 Å². The van der Waals surface area contributed by atoms with Crippen LogP contribution in [0.4, 0.5) is 0 Å². The monoisotopic (exact) mass is 372 g/mol. The van der Waals surface area contributed by atoms with Crippen LogP contribution in [0.15, 0.2) is 34.3 Å². The smallest absolute Gasteiger partial charge is 0.220 e. The normalized spacial score (nSPS) is 24.2. The number of nitrogens with one attached hydrogen (secondary N) is 2. The maximum atomic E-state index is 12.0. The number of nitrogens with zero attached hydrogens (tertiary/aromatic N) is 2. The molecule has 1 aliphatic heterocycles. The lowest BCUT2D eigenvalue weighted by Gasteiger charge is -2.24. The molecule has 1 fully saturated rings. The zero-order chi connectivity index (χ0) is 18.2. The quantitative estimate of drug-likeness (QED) is 0.531. The van der Waals surface area contributed by atoms with E-state index in [0.29, 0.717) is 17.6 Å². The molecule has 0 bridgehead atoms. The third-order valence-corrected chi connectivity index (χ3v) is 5.27. The molecule has 0 spiro atoms. The number of thiocarbonyl (C=S) groups is 1. The number of carbonyl (C=O) groups is 1. The molecule has 1 amide bonds. The molecule has 5 nitrogen and oxygen atoms in total. The second kappa shape index (κ2) is 9.76. The number of amidine groups is 1. The van der Waals surface area contributed by atoms with Crippen LogP contribution in [-0.2, 0) is 4.79 Å². The molecule has 1 atom stereocenters. The largest absolute Gasteiger partial charge is 0.353 e. The lowest BCUT2D eigenvalue weighted by atomic mass is 9.95. The van der Waals surface area contributed by atoms with Gasteiger partial charge in [-0.05, 0) is 44.0 Å². The molecule has 2 aliphatic carbocycles. The van der Waals surface area contributed by atoms with Crippen LogP contribution in [0.5, 0.6) is 0 Å². The van der Waals surface area contributed by atoms with Crippen LogP contribution in [-0.4, -0.2) is 35.2 Å². The van der Waals surface area contributed by atoms with E-state index in [1.165, 1.54) is 19.3 Å². The summed E-state index contributed by atoms with van der Waals surface area (Å²) in [4.78, 5) is 21.0. The van der Waals surface area contributed by atoms with Crippen molar-refractivity contribution in [2.75, 3.05) is 6.54 Å². The van der Waals surface area contributed by atoms with Crippen LogP contribution in [0.25, 0.3) is 0 Å². The van der Waals surface area contributed by atoms with E-state index in [9.17, 15) is 4.79 Å². The van der Waals surface area contributed by atoms with Gasteiger partial charge < -0.3 is 10.6 Å². The van der Waals surface area contributed by atoms with Crippen LogP contribution in [0, 0.1) is 5.92 Å². The topological polar surface area (TPSA) is 65.8 Å². The Kier molecular flexibility index (Phi) is 7.12. The molecule has 26 heavy (non-hydrogen) atoms. The second-order valence-corrected chi connectivity index (χ2v) is 7.56. The van der Waals surface area contributed by atoms with Gasteiger partial charge in [-0.3, -0.25) is 9.79 Å². The van der Waals surface area contributed by atoms with Crippen LogP contribution < -0.4 is 10.6 Å². The van der Waals surface area contributed by atoms with E-state index in [1.54, 1.807) is 0 Å². The summed E-state index contributed by atoms with van der Waals surface area (Å²) in [6, 6.07) is 0.414. The van der Waals surface area contributed by atoms with E-state index in [-0.39, 0.29) is 11.8 Å². The zero-order valence-corrected chi connectivity index (χ0v) is 16.1. The average Bonchev–Trinajstić information content (AvgIpc) is 2.65. The van der Waals surface area contributed by atoms with Crippen molar-refractivity contribution < 1.29 is 4.79 Å². The van der Waals surface area contributed by atoms with Crippen LogP contribution in [0.1, 0.15) is 57.8 Å². The maximum absolute atomic E-state index is 12.0. The van der Waals surface area contributed by atoms with Gasteiger partial charge in [-0.25, -0.2) is 4.99 Å². The predicted octanol–water partition coefficient (Wildman–Crippen LogP) is 3.47. The maximum Gasteiger partial charge on any atom is 0.220 e. The Morgan fingerprint density at radius 2 is 2.08 bits per heavy atom. The van der Waals surface area contributed by atoms with Gasteiger partial charge in [0.15, 0.2) is 5.11 Å². The molecule has 3 rings (SSSR count). The molecule has 0 aromatic carbocycles. The molecule has 0 radical (unpaired) electrons. The summed E-state index contributed by atoms with van der Waals surface area (Å²) in [5.41, 5.74) is 0.953. The Labute approximate surface area is 161 Å². The fourth-order valence-corrected chi connectivity index (χ4v) is 3.87. The molecule has 140 valence electrons. The number of hydrogen-bond acceptors (Lipinski definition) is 3. The van der Waals surface area contributed by atoms with Gasteiger partial charge in [-0.2, -0.15) is 0 Å². The number of allylic oxidation sites excluding steroid dienone is 3. The first-order valence-corrected chi connectivity index (χ1v) is 10.2. The summed E-state index contributed by atoms with van der Waals surface area (Å²) < 4.78 is 0. The summed E-state index contributed by atoms with van der Waals surface area (Å²) in [5, 5.41) is 6.78. The molecule has 1 saturated carbocycles. The van der Waals surface area contributed by atoms with Crippen molar-refractivity contribution in [3.63, 3.8) is 0 Å². The van der Waals surface area contributed by atoms with Gasteiger partial charge in [-0.15, -0.1) is 0 Å². The highest BCUT2D eigenvalue weighted by Gasteiger charge is 2.24. The highest BCUT2D eigenvalue weighted by atomic mass is 32.1. The number of aliphatic imine (C=N–C) groups is 2. The lowest BCUT2D eigenvalue weighted by Crippen LogP contribution is -2.42. The second-order valence-electron chi connectivity index (χ2n) is 7.17. The fourth-order valence-electron chi connectivity index (χ4n) is 3.66. The van der Waals surface area contributed by atoms with Crippen molar-refractivity contribution in [1.82, 2.24) is 10.6 Å². The van der Waals surface area contributed by atoms with Crippen molar-refractivity contribution in [2.45, 2.75) is 63.8 Å². The predicted molar refractivity (Wildman–Crippen MR) is 111 cm³/mol. The highest BCUT2D eigenvalue weighted by molar-refractivity contribution is 7.80. The third kappa shape index (κ3) is 5.59. The van der Waals surface area contributed by atoms with E-state index in [4.69, 9.17) is 12.2 Å². The molecule has 1 heterocycles. The Hall–Kier alpha value is -1.82. The number of rotatable bonds is 7. The zero-order valence-electron chi connectivity index (χ0n) is 15.2. The summed E-state index contributed by atoms with van der Waals surface area (Å²) in [6.07, 6.45) is 17.7. The lowest BCUT2D eigenvalue weighted by molar-refractivity contribution is -0.122. The van der Waals surface area contributed by atoms with Gasteiger partial charge in [0.1, 0.15) is 5.84 Å². The molecule has 3 aliphatic rings. The standard InChI is InChI=1S/C20H28N4OS/c25-18(22-15-9-3-1-4-10-15)13-5-2-8-14-21-19-16-11-6-7-12-17(16)23-20(26)24-19/h6-7,11-12,15-16H,1-5,8-10,13-14H2,(H,22,25)(H,21,24,26). The van der Waals surface area contributed by atoms with E-state index in [2.05, 4.69) is 26.7 Å². The van der Waals surface area contributed by atoms with Crippen LogP contribution in [0.3, 0.4) is 0 Å². The Morgan fingerprint density at radius 3 is 2.92 bits per heavy atom. The van der Waals surface area contributed by atoms with Crippen molar-refractivity contribution in [3.8, 4) is 0 Å². The average molecular weight is 373 g/mol. The summed E-state index contributed by atoms with van der Waals surface area (Å²) in [5.74, 6) is 1.19. The summed E-state index contributed by atoms with van der Waals surface area (Å²) in [6.45, 7) is 0.747. The number of hydrogen-bond donors (Lipinski definition) is 2. The van der Waals surface area contributed by atoms with Crippen molar-refractivity contribution in [1.29, 1.82) is 0 Å². The molecular formula is C20H28N4OS. The molecule has 2 N–H and O–H groups in total. The molecule has 6 heteroatoms. The summed E-state index contributed by atoms with van der Waals surface area (Å²) >= 11 is 5.19. The van der Waals surface area contributed by atoms with Gasteiger partial charge in [-0.1, -0.05) is 43.9 Å².